The molecule has 1 aromatic heterocycles. The summed E-state index contributed by atoms with van der Waals surface area (Å²) in [6.07, 6.45) is 2.75. The molecule has 3 N–H and O–H groups in total. The maximum Gasteiger partial charge on any atom is 0.322 e. The molecule has 1 aromatic carbocycles. The maximum absolute atomic E-state index is 13.7. The average molecular weight is 424 g/mol. The van der Waals surface area contributed by atoms with E-state index in [4.69, 9.17) is 16.7 Å². The van der Waals surface area contributed by atoms with Crippen LogP contribution in [0.25, 0.3) is 5.57 Å². The van der Waals surface area contributed by atoms with Crippen LogP contribution < -0.4 is 5.32 Å². The highest BCUT2D eigenvalue weighted by Gasteiger charge is 2.21. The van der Waals surface area contributed by atoms with Crippen LogP contribution in [-0.2, 0) is 6.67 Å². The van der Waals surface area contributed by atoms with Gasteiger partial charge in [0.15, 0.2) is 0 Å². The number of anilines is 1. The lowest BCUT2D eigenvalue weighted by atomic mass is 10.0. The lowest BCUT2D eigenvalue weighted by molar-refractivity contribution is 0.0953. The number of amides is 2. The van der Waals surface area contributed by atoms with Crippen LogP contribution >= 0.6 is 11.6 Å². The summed E-state index contributed by atoms with van der Waals surface area (Å²) in [5, 5.41) is 21.6. The lowest BCUT2D eigenvalue weighted by Crippen LogP contribution is -2.38. The number of rotatable bonds is 5. The molecule has 0 saturated heterocycles. The number of halogens is 3. The molecule has 0 saturated carbocycles. The summed E-state index contributed by atoms with van der Waals surface area (Å²) >= 11 is 6.26. The largest absolute Gasteiger partial charge is 0.393 e. The molecular formula is C20H20ClF2N3O3. The molecule has 1 aliphatic heterocycles. The number of hydrogen-bond acceptors (Lipinski definition) is 4. The van der Waals surface area contributed by atoms with E-state index in [2.05, 4.69) is 10.3 Å². The van der Waals surface area contributed by atoms with Crippen LogP contribution in [0.5, 0.6) is 0 Å². The number of nitrogens with one attached hydrogen (secondary N) is 1. The highest BCUT2D eigenvalue weighted by atomic mass is 35.5. The van der Waals surface area contributed by atoms with E-state index in [1.807, 2.05) is 6.08 Å². The summed E-state index contributed by atoms with van der Waals surface area (Å²) < 4.78 is 26.2. The number of alkyl halides is 1. The van der Waals surface area contributed by atoms with Crippen molar-refractivity contribution in [2.75, 3.05) is 25.0 Å². The van der Waals surface area contributed by atoms with Gasteiger partial charge in [-0.15, -0.1) is 0 Å². The highest BCUT2D eigenvalue weighted by Crippen LogP contribution is 2.29. The van der Waals surface area contributed by atoms with E-state index in [9.17, 15) is 18.7 Å². The molecule has 0 radical (unpaired) electrons. The summed E-state index contributed by atoms with van der Waals surface area (Å²) in [4.78, 5) is 18.2. The second-order valence-corrected chi connectivity index (χ2v) is 7.00. The van der Waals surface area contributed by atoms with Crippen LogP contribution in [0.1, 0.15) is 29.3 Å². The Balaban J connectivity index is 1.66. The smallest absolute Gasteiger partial charge is 0.322 e. The van der Waals surface area contributed by atoms with Gasteiger partial charge in [0, 0.05) is 36.1 Å². The number of benzene rings is 1. The molecule has 29 heavy (non-hydrogen) atoms. The topological polar surface area (TPSA) is 85.7 Å². The Morgan fingerprint density at radius 2 is 2.17 bits per heavy atom. The quantitative estimate of drug-likeness (QED) is 0.684. The Bertz CT molecular complexity index is 939. The van der Waals surface area contributed by atoms with Crippen LogP contribution in [0.15, 0.2) is 36.5 Å². The third-order valence-corrected chi connectivity index (χ3v) is 4.96. The van der Waals surface area contributed by atoms with E-state index in [1.54, 1.807) is 11.0 Å². The molecule has 9 heteroatoms. The van der Waals surface area contributed by atoms with Crippen LogP contribution in [-0.4, -0.2) is 45.8 Å². The summed E-state index contributed by atoms with van der Waals surface area (Å²) in [6, 6.07) is 5.00. The van der Waals surface area contributed by atoms with Crippen molar-refractivity contribution in [3.63, 3.8) is 0 Å². The zero-order chi connectivity index (χ0) is 21.0. The minimum Gasteiger partial charge on any atom is -0.393 e. The highest BCUT2D eigenvalue weighted by molar-refractivity contribution is 6.32. The molecule has 2 amide bonds. The summed E-state index contributed by atoms with van der Waals surface area (Å²) in [6.45, 7) is -0.617. The Kier molecular flexibility index (Phi) is 6.79. The van der Waals surface area contributed by atoms with Gasteiger partial charge in [0.25, 0.3) is 0 Å². The molecule has 0 bridgehead atoms. The number of hydrogen-bond donors (Lipinski definition) is 3. The van der Waals surface area contributed by atoms with E-state index >= 15 is 0 Å². The Morgan fingerprint density at radius 3 is 2.76 bits per heavy atom. The minimum atomic E-state index is -1.04. The summed E-state index contributed by atoms with van der Waals surface area (Å²) in [5.41, 5.74) is 2.04. The van der Waals surface area contributed by atoms with Crippen LogP contribution in [0.2, 0.25) is 5.02 Å². The van der Waals surface area contributed by atoms with Crippen LogP contribution in [0.3, 0.4) is 0 Å². The fraction of sp³-hybridized carbons (Fsp3) is 0.300. The van der Waals surface area contributed by atoms with Crippen LogP contribution in [0.4, 0.5) is 19.3 Å². The molecule has 154 valence electrons. The predicted octanol–water partition coefficient (Wildman–Crippen LogP) is 3.69. The molecule has 0 aliphatic carbocycles. The Hall–Kier alpha value is -2.55. The normalized spacial score (nSPS) is 15.1. The molecule has 0 spiro atoms. The maximum atomic E-state index is 13.7. The molecule has 1 atom stereocenters. The first-order valence-electron chi connectivity index (χ1n) is 8.97. The average Bonchev–Trinajstić information content (AvgIpc) is 2.73. The molecule has 0 fully saturated rings. The van der Waals surface area contributed by atoms with Gasteiger partial charge in [-0.25, -0.2) is 13.6 Å². The third kappa shape index (κ3) is 4.90. The van der Waals surface area contributed by atoms with Gasteiger partial charge < -0.3 is 20.4 Å². The Morgan fingerprint density at radius 1 is 1.38 bits per heavy atom. The number of pyridine rings is 1. The fourth-order valence-electron chi connectivity index (χ4n) is 2.98. The fourth-order valence-corrected chi connectivity index (χ4v) is 3.28. The molecule has 2 heterocycles. The van der Waals surface area contributed by atoms with Crippen molar-refractivity contribution in [2.24, 2.45) is 0 Å². The minimum absolute atomic E-state index is 0.0598. The van der Waals surface area contributed by atoms with Gasteiger partial charge in [-0.1, -0.05) is 23.7 Å². The molecule has 1 aliphatic rings. The van der Waals surface area contributed by atoms with E-state index in [0.717, 1.165) is 11.6 Å². The molecule has 3 rings (SSSR count). The summed E-state index contributed by atoms with van der Waals surface area (Å²) in [7, 11) is 0. The van der Waals surface area contributed by atoms with Gasteiger partial charge in [-0.2, -0.15) is 0 Å². The number of urea groups is 1. The number of carbonyl (C=O) groups is 1. The van der Waals surface area contributed by atoms with Crippen molar-refractivity contribution in [1.29, 1.82) is 0 Å². The van der Waals surface area contributed by atoms with Gasteiger partial charge in [0.1, 0.15) is 18.6 Å². The standard InChI is InChI=1S/C20H20ClF2N3O3/c21-16-7-14(18(28)11-27)10-24-19(16)12-3-5-26(6-4-12)20(29)25-15-2-1-13(9-22)17(23)8-15/h1-3,7-8,10,18,27-28H,4-6,9,11H2,(H,25,29)/t18-/m1/s1. The van der Waals surface area contributed by atoms with Crippen molar-refractivity contribution in [2.45, 2.75) is 19.2 Å². The molecule has 0 unspecified atom stereocenters. The first kappa shape index (κ1) is 21.2. The number of aliphatic hydroxyl groups excluding tert-OH is 2. The van der Waals surface area contributed by atoms with Crippen molar-refractivity contribution >= 4 is 28.9 Å². The Labute approximate surface area is 171 Å². The van der Waals surface area contributed by atoms with E-state index in [-0.39, 0.29) is 11.3 Å². The molecule has 2 aromatic rings. The second kappa shape index (κ2) is 9.30. The summed E-state index contributed by atoms with van der Waals surface area (Å²) in [5.74, 6) is -0.707. The van der Waals surface area contributed by atoms with Crippen molar-refractivity contribution < 1.29 is 23.8 Å². The number of aliphatic hydroxyl groups is 2. The zero-order valence-corrected chi connectivity index (χ0v) is 16.2. The van der Waals surface area contributed by atoms with E-state index in [0.29, 0.717) is 35.8 Å². The SMILES string of the molecule is O=C(Nc1ccc(CF)c(F)c1)N1CC=C(c2ncc([C@H](O)CO)cc2Cl)CC1. The predicted molar refractivity (Wildman–Crippen MR) is 106 cm³/mol. The first-order chi connectivity index (χ1) is 13.9. The van der Waals surface area contributed by atoms with Crippen molar-refractivity contribution in [1.82, 2.24) is 9.88 Å². The molecule has 6 nitrogen and oxygen atoms in total. The van der Waals surface area contributed by atoms with Crippen LogP contribution in [0, 0.1) is 5.82 Å². The molecular weight excluding hydrogens is 404 g/mol. The van der Waals surface area contributed by atoms with E-state index < -0.39 is 31.2 Å². The van der Waals surface area contributed by atoms with Crippen molar-refractivity contribution in [3.05, 3.63) is 64.2 Å². The zero-order valence-electron chi connectivity index (χ0n) is 15.4. The van der Waals surface area contributed by atoms with Gasteiger partial charge in [0.05, 0.1) is 17.3 Å². The lowest BCUT2D eigenvalue weighted by Gasteiger charge is -2.27. The van der Waals surface area contributed by atoms with Crippen molar-refractivity contribution in [3.8, 4) is 0 Å². The third-order valence-electron chi connectivity index (χ3n) is 4.67. The van der Waals surface area contributed by atoms with Gasteiger partial charge in [-0.05, 0) is 30.2 Å². The number of nitrogens with zero attached hydrogens (tertiary/aromatic N) is 2. The van der Waals surface area contributed by atoms with Gasteiger partial charge >= 0.3 is 6.03 Å². The second-order valence-electron chi connectivity index (χ2n) is 6.59. The van der Waals surface area contributed by atoms with Gasteiger partial charge in [-0.3, -0.25) is 4.98 Å². The first-order valence-corrected chi connectivity index (χ1v) is 9.34. The number of carbonyl (C=O) groups excluding carboxylic acids is 1. The monoisotopic (exact) mass is 423 g/mol. The number of aromatic nitrogens is 1. The van der Waals surface area contributed by atoms with Gasteiger partial charge in [0.2, 0.25) is 0 Å². The van der Waals surface area contributed by atoms with E-state index in [1.165, 1.54) is 18.3 Å².